The van der Waals surface area contributed by atoms with Crippen LogP contribution >= 0.6 is 11.3 Å². The van der Waals surface area contributed by atoms with Crippen LogP contribution in [-0.4, -0.2) is 32.9 Å². The first-order chi connectivity index (χ1) is 25.8. The van der Waals surface area contributed by atoms with Crippen LogP contribution in [0.3, 0.4) is 0 Å². The lowest BCUT2D eigenvalue weighted by atomic mass is 10.0. The average molecular weight is 686 g/mol. The van der Waals surface area contributed by atoms with Crippen molar-refractivity contribution in [3.8, 4) is 5.69 Å². The fraction of sp³-hybridized carbons (Fsp3) is 0.0435. The normalized spacial score (nSPS) is 15.0. The van der Waals surface area contributed by atoms with Gasteiger partial charge in [-0.1, -0.05) is 133 Å². The van der Waals surface area contributed by atoms with Gasteiger partial charge in [-0.15, -0.1) is 11.3 Å². The number of hydrogen-bond donors (Lipinski definition) is 0. The van der Waals surface area contributed by atoms with E-state index in [4.69, 9.17) is 9.98 Å². The summed E-state index contributed by atoms with van der Waals surface area (Å²) in [7, 11) is 2.13. The predicted octanol–water partition coefficient (Wildman–Crippen LogP) is 11.6. The van der Waals surface area contributed by atoms with Crippen LogP contribution in [0.15, 0.2) is 174 Å². The van der Waals surface area contributed by atoms with Crippen molar-refractivity contribution < 1.29 is 0 Å². The molecular formula is C46H31N5S. The molecule has 0 radical (unpaired) electrons. The van der Waals surface area contributed by atoms with Gasteiger partial charge in [0.15, 0.2) is 12.0 Å². The molecule has 4 heterocycles. The highest BCUT2D eigenvalue weighted by Gasteiger charge is 2.32. The molecule has 5 nitrogen and oxygen atoms in total. The SMILES string of the molecule is CN1C(n2c3ccccc3c3c4c5ccccc5n(-c5ccccc5)c4c4c5ccccc5sc4c32)=NC(c2ccccc2)=NC1c1ccccc1. The zero-order valence-electron chi connectivity index (χ0n) is 28.3. The number of aromatic nitrogens is 2. The van der Waals surface area contributed by atoms with Gasteiger partial charge in [0.05, 0.1) is 26.8 Å². The molecule has 0 saturated heterocycles. The Morgan fingerprint density at radius 1 is 0.519 bits per heavy atom. The second-order valence-electron chi connectivity index (χ2n) is 13.4. The number of rotatable bonds is 3. The minimum absolute atomic E-state index is 0.262. The number of thiophene rings is 1. The van der Waals surface area contributed by atoms with Crippen LogP contribution in [0.4, 0.5) is 0 Å². The van der Waals surface area contributed by atoms with Crippen LogP contribution in [-0.2, 0) is 0 Å². The first-order valence-corrected chi connectivity index (χ1v) is 18.4. The van der Waals surface area contributed by atoms with Gasteiger partial charge in [0, 0.05) is 55.3 Å². The molecule has 6 heteroatoms. The van der Waals surface area contributed by atoms with E-state index in [9.17, 15) is 0 Å². The van der Waals surface area contributed by atoms with E-state index >= 15 is 0 Å². The molecule has 0 amide bonds. The maximum atomic E-state index is 5.46. The van der Waals surface area contributed by atoms with E-state index in [0.29, 0.717) is 0 Å². The molecule has 1 aliphatic heterocycles. The van der Waals surface area contributed by atoms with Gasteiger partial charge in [-0.2, -0.15) is 4.99 Å². The van der Waals surface area contributed by atoms with Crippen molar-refractivity contribution in [3.63, 3.8) is 0 Å². The van der Waals surface area contributed by atoms with Crippen molar-refractivity contribution in [2.24, 2.45) is 9.98 Å². The Labute approximate surface area is 303 Å². The summed E-state index contributed by atoms with van der Waals surface area (Å²) in [4.78, 5) is 13.0. The lowest BCUT2D eigenvalue weighted by Crippen LogP contribution is -2.39. The second kappa shape index (κ2) is 11.3. The molecule has 1 aliphatic rings. The summed E-state index contributed by atoms with van der Waals surface area (Å²) in [6, 6.07) is 58.3. The van der Waals surface area contributed by atoms with Crippen molar-refractivity contribution in [1.82, 2.24) is 14.0 Å². The van der Waals surface area contributed by atoms with Crippen molar-refractivity contribution in [2.45, 2.75) is 6.17 Å². The third-order valence-corrected chi connectivity index (χ3v) is 11.7. The summed E-state index contributed by atoms with van der Waals surface area (Å²) in [5.41, 5.74) is 7.99. The average Bonchev–Trinajstić information content (AvgIpc) is 3.87. The Morgan fingerprint density at radius 2 is 1.08 bits per heavy atom. The number of benzene rings is 7. The van der Waals surface area contributed by atoms with E-state index in [-0.39, 0.29) is 6.17 Å². The van der Waals surface area contributed by atoms with Gasteiger partial charge in [0.2, 0.25) is 5.96 Å². The topological polar surface area (TPSA) is 37.8 Å². The predicted molar refractivity (Wildman–Crippen MR) is 219 cm³/mol. The highest BCUT2D eigenvalue weighted by Crippen LogP contribution is 2.50. The molecule has 0 spiro atoms. The number of nitrogens with zero attached hydrogens (tertiary/aromatic N) is 5. The molecule has 3 aromatic heterocycles. The zero-order valence-corrected chi connectivity index (χ0v) is 29.1. The molecular weight excluding hydrogens is 655 g/mol. The first kappa shape index (κ1) is 29.3. The Balaban J connectivity index is 1.36. The summed E-state index contributed by atoms with van der Waals surface area (Å²) >= 11 is 1.87. The van der Waals surface area contributed by atoms with Crippen LogP contribution in [0.25, 0.3) is 69.5 Å². The van der Waals surface area contributed by atoms with E-state index in [1.54, 1.807) is 0 Å². The molecule has 0 N–H and O–H groups in total. The van der Waals surface area contributed by atoms with E-state index in [1.165, 1.54) is 58.3 Å². The maximum absolute atomic E-state index is 5.46. The van der Waals surface area contributed by atoms with Crippen LogP contribution in [0.5, 0.6) is 0 Å². The van der Waals surface area contributed by atoms with Gasteiger partial charge in [-0.25, -0.2) is 4.99 Å². The zero-order chi connectivity index (χ0) is 34.3. The van der Waals surface area contributed by atoms with Gasteiger partial charge in [-0.05, 0) is 35.9 Å². The quantitative estimate of drug-likeness (QED) is 0.182. The van der Waals surface area contributed by atoms with E-state index < -0.39 is 0 Å². The van der Waals surface area contributed by atoms with Crippen molar-refractivity contribution in [2.75, 3.05) is 7.05 Å². The van der Waals surface area contributed by atoms with Crippen LogP contribution in [0, 0.1) is 0 Å². The van der Waals surface area contributed by atoms with Gasteiger partial charge in [-0.3, -0.25) is 4.57 Å². The van der Waals surface area contributed by atoms with Gasteiger partial charge < -0.3 is 9.47 Å². The van der Waals surface area contributed by atoms with Gasteiger partial charge >= 0.3 is 0 Å². The number of aliphatic imine (C=N–C) groups is 2. The van der Waals surface area contributed by atoms with Crippen LogP contribution in [0.1, 0.15) is 17.3 Å². The fourth-order valence-corrected chi connectivity index (χ4v) is 9.55. The Morgan fingerprint density at radius 3 is 1.79 bits per heavy atom. The number of amidine groups is 1. The molecule has 7 aromatic carbocycles. The molecule has 10 aromatic rings. The third-order valence-electron chi connectivity index (χ3n) is 10.5. The lowest BCUT2D eigenvalue weighted by Gasteiger charge is -2.33. The molecule has 0 aliphatic carbocycles. The van der Waals surface area contributed by atoms with Gasteiger partial charge in [0.25, 0.3) is 0 Å². The molecule has 0 bridgehead atoms. The van der Waals surface area contributed by atoms with E-state index in [2.05, 4.69) is 179 Å². The number of para-hydroxylation sites is 3. The minimum Gasteiger partial charge on any atom is -0.319 e. The molecule has 52 heavy (non-hydrogen) atoms. The molecule has 0 fully saturated rings. The summed E-state index contributed by atoms with van der Waals surface area (Å²) in [6.07, 6.45) is -0.262. The summed E-state index contributed by atoms with van der Waals surface area (Å²) in [5.74, 6) is 1.57. The van der Waals surface area contributed by atoms with E-state index in [0.717, 1.165) is 34.1 Å². The molecule has 11 rings (SSSR count). The van der Waals surface area contributed by atoms with Crippen molar-refractivity contribution >= 4 is 86.9 Å². The van der Waals surface area contributed by atoms with E-state index in [1.807, 2.05) is 17.4 Å². The third kappa shape index (κ3) is 4.10. The fourth-order valence-electron chi connectivity index (χ4n) is 8.31. The van der Waals surface area contributed by atoms with Crippen molar-refractivity contribution in [1.29, 1.82) is 0 Å². The van der Waals surface area contributed by atoms with Crippen LogP contribution < -0.4 is 0 Å². The van der Waals surface area contributed by atoms with Gasteiger partial charge in [0.1, 0.15) is 0 Å². The minimum atomic E-state index is -0.262. The number of hydrogen-bond acceptors (Lipinski definition) is 4. The summed E-state index contributed by atoms with van der Waals surface area (Å²) in [6.45, 7) is 0. The molecule has 1 unspecified atom stereocenters. The molecule has 1 atom stereocenters. The largest absolute Gasteiger partial charge is 0.319 e. The first-order valence-electron chi connectivity index (χ1n) is 17.6. The van der Waals surface area contributed by atoms with Crippen molar-refractivity contribution in [3.05, 3.63) is 175 Å². The Kier molecular flexibility index (Phi) is 6.33. The smallest absolute Gasteiger partial charge is 0.214 e. The molecule has 0 saturated carbocycles. The Hall–Kier alpha value is -6.50. The Bertz CT molecular complexity index is 3080. The second-order valence-corrected chi connectivity index (χ2v) is 14.5. The summed E-state index contributed by atoms with van der Waals surface area (Å²) in [5, 5.41) is 7.47. The monoisotopic (exact) mass is 685 g/mol. The number of fused-ring (bicyclic) bond motifs is 12. The summed E-state index contributed by atoms with van der Waals surface area (Å²) < 4.78 is 7.41. The molecule has 246 valence electrons. The maximum Gasteiger partial charge on any atom is 0.214 e. The lowest BCUT2D eigenvalue weighted by molar-refractivity contribution is 0.372. The highest BCUT2D eigenvalue weighted by atomic mass is 32.1. The highest BCUT2D eigenvalue weighted by molar-refractivity contribution is 7.27. The standard InChI is InChI=1S/C46H31N5S/c1-49-45(30-19-7-3-8-20-30)47-44(29-17-5-2-6-18-29)48-46(49)51-36-27-15-12-24-33(36)39-38-32-23-11-14-26-35(32)50(31-21-9-4-10-22-31)41(38)40-34-25-13-16-28-37(34)52-43(40)42(39)51/h2-28,45H,1H3. The van der Waals surface area contributed by atoms with Crippen LogP contribution in [0.2, 0.25) is 0 Å².